The lowest BCUT2D eigenvalue weighted by Crippen LogP contribution is -2.50. The first-order chi connectivity index (χ1) is 21.6. The Morgan fingerprint density at radius 2 is 1.69 bits per heavy atom. The number of benzene rings is 2. The van der Waals surface area contributed by atoms with Gasteiger partial charge in [-0.15, -0.1) is 0 Å². The first-order valence-corrected chi connectivity index (χ1v) is 15.7. The molecule has 1 aromatic heterocycles. The molecular weight excluding hydrogens is 574 g/mol. The van der Waals surface area contributed by atoms with Crippen LogP contribution in [0.3, 0.4) is 0 Å². The van der Waals surface area contributed by atoms with E-state index in [2.05, 4.69) is 20.9 Å². The van der Waals surface area contributed by atoms with E-state index in [0.29, 0.717) is 80.6 Å². The summed E-state index contributed by atoms with van der Waals surface area (Å²) in [6.07, 6.45) is 2.26. The summed E-state index contributed by atoms with van der Waals surface area (Å²) in [5.74, 6) is -1.05. The molecule has 45 heavy (non-hydrogen) atoms. The van der Waals surface area contributed by atoms with Crippen LogP contribution in [0.5, 0.6) is 0 Å². The summed E-state index contributed by atoms with van der Waals surface area (Å²) >= 11 is 0. The largest absolute Gasteiger partial charge is 0.378 e. The van der Waals surface area contributed by atoms with Crippen molar-refractivity contribution in [3.05, 3.63) is 64.1 Å². The van der Waals surface area contributed by atoms with Crippen molar-refractivity contribution in [1.29, 1.82) is 0 Å². The molecule has 2 atom stereocenters. The third-order valence-electron chi connectivity index (χ3n) is 8.33. The molecule has 0 unspecified atom stereocenters. The number of aryl methyl sites for hydroxylation is 1. The van der Waals surface area contributed by atoms with Crippen LogP contribution in [0.1, 0.15) is 66.7 Å². The highest BCUT2D eigenvalue weighted by Crippen LogP contribution is 2.17. The van der Waals surface area contributed by atoms with E-state index in [0.717, 1.165) is 5.69 Å². The molecule has 4 N–H and O–H groups in total. The predicted molar refractivity (Wildman–Crippen MR) is 174 cm³/mol. The summed E-state index contributed by atoms with van der Waals surface area (Å²) in [7, 11) is 3.82. The van der Waals surface area contributed by atoms with Crippen LogP contribution >= 0.6 is 0 Å². The number of anilines is 1. The second-order valence-electron chi connectivity index (χ2n) is 11.8. The molecule has 12 nitrogen and oxygen atoms in total. The van der Waals surface area contributed by atoms with Crippen LogP contribution in [0.25, 0.3) is 11.0 Å². The van der Waals surface area contributed by atoms with Gasteiger partial charge < -0.3 is 30.7 Å². The van der Waals surface area contributed by atoms with Gasteiger partial charge in [0, 0.05) is 70.1 Å². The van der Waals surface area contributed by atoms with Gasteiger partial charge in [-0.3, -0.25) is 23.7 Å². The molecule has 0 aliphatic carbocycles. The number of carbonyl (C=O) groups is 4. The Bertz CT molecular complexity index is 1580. The first-order valence-electron chi connectivity index (χ1n) is 15.7. The Labute approximate surface area is 263 Å². The Morgan fingerprint density at radius 3 is 2.44 bits per heavy atom. The lowest BCUT2D eigenvalue weighted by atomic mass is 9.98. The number of H-pyrrole nitrogens is 1. The molecule has 0 saturated heterocycles. The zero-order valence-corrected chi connectivity index (χ0v) is 26.7. The van der Waals surface area contributed by atoms with Crippen LogP contribution < -0.4 is 26.5 Å². The average molecular weight is 620 g/mol. The molecule has 0 saturated carbocycles. The van der Waals surface area contributed by atoms with Gasteiger partial charge in [0.15, 0.2) is 0 Å². The van der Waals surface area contributed by atoms with Gasteiger partial charge >= 0.3 is 5.69 Å². The summed E-state index contributed by atoms with van der Waals surface area (Å²) in [6.45, 7) is 5.60. The van der Waals surface area contributed by atoms with E-state index in [4.69, 9.17) is 0 Å². The number of imidazole rings is 1. The fourth-order valence-corrected chi connectivity index (χ4v) is 5.44. The number of aromatic amines is 1. The van der Waals surface area contributed by atoms with E-state index in [1.165, 1.54) is 0 Å². The molecule has 2 bridgehead atoms. The van der Waals surface area contributed by atoms with E-state index >= 15 is 0 Å². The van der Waals surface area contributed by atoms with Gasteiger partial charge in [-0.05, 0) is 61.6 Å². The van der Waals surface area contributed by atoms with E-state index in [9.17, 15) is 24.0 Å². The van der Waals surface area contributed by atoms with Gasteiger partial charge in [0.2, 0.25) is 11.8 Å². The van der Waals surface area contributed by atoms with Crippen LogP contribution in [0.15, 0.2) is 47.3 Å². The van der Waals surface area contributed by atoms with Gasteiger partial charge in [0.05, 0.1) is 11.0 Å². The normalized spacial score (nSPS) is 18.4. The van der Waals surface area contributed by atoms with Crippen molar-refractivity contribution in [2.45, 2.75) is 58.5 Å². The number of aromatic nitrogens is 2. The number of nitrogens with one attached hydrogen (secondary N) is 4. The third-order valence-corrected chi connectivity index (χ3v) is 8.33. The van der Waals surface area contributed by atoms with Crippen LogP contribution in [-0.2, 0) is 16.1 Å². The molecule has 12 heteroatoms. The van der Waals surface area contributed by atoms with Crippen LogP contribution in [0.4, 0.5) is 5.69 Å². The maximum Gasteiger partial charge on any atom is 0.326 e. The number of hydrogen-bond acceptors (Lipinski definition) is 6. The van der Waals surface area contributed by atoms with Gasteiger partial charge in [0.1, 0.15) is 6.04 Å². The van der Waals surface area contributed by atoms with E-state index in [-0.39, 0.29) is 41.7 Å². The Balaban J connectivity index is 1.57. The molecule has 4 rings (SSSR count). The van der Waals surface area contributed by atoms with Gasteiger partial charge in [-0.25, -0.2) is 4.79 Å². The smallest absolute Gasteiger partial charge is 0.326 e. The third kappa shape index (κ3) is 8.52. The number of nitrogens with zero attached hydrogens (tertiary/aromatic N) is 3. The zero-order valence-electron chi connectivity index (χ0n) is 26.7. The minimum Gasteiger partial charge on any atom is -0.378 e. The maximum absolute atomic E-state index is 13.6. The van der Waals surface area contributed by atoms with Crippen LogP contribution in [-0.4, -0.2) is 84.4 Å². The first kappa shape index (κ1) is 33.3. The Hall–Kier alpha value is -4.61. The number of rotatable bonds is 4. The van der Waals surface area contributed by atoms with Crippen molar-refractivity contribution >= 4 is 40.3 Å². The van der Waals surface area contributed by atoms with Crippen molar-refractivity contribution in [2.24, 2.45) is 5.92 Å². The van der Waals surface area contributed by atoms with Crippen molar-refractivity contribution < 1.29 is 19.2 Å². The average Bonchev–Trinajstić information content (AvgIpc) is 3.35. The van der Waals surface area contributed by atoms with Crippen molar-refractivity contribution in [1.82, 2.24) is 30.4 Å². The molecule has 2 heterocycles. The number of amides is 4. The highest BCUT2D eigenvalue weighted by Gasteiger charge is 2.26. The molecule has 1 aliphatic rings. The SMILES string of the molecule is CC[C@H](C)[C@@H]1NC(=O)CCCN(C(=O)c2cccc(N(C)C)c2)CCCNC(=O)c2ccc3[nH]c(=O)n(c3c2)CCCNC1=O. The minimum atomic E-state index is -0.696. The highest BCUT2D eigenvalue weighted by molar-refractivity contribution is 5.97. The molecule has 0 spiro atoms. The number of fused-ring (bicyclic) bond motifs is 1. The molecule has 0 radical (unpaired) electrons. The molecule has 0 fully saturated rings. The minimum absolute atomic E-state index is 0.0858. The summed E-state index contributed by atoms with van der Waals surface area (Å²) in [4.78, 5) is 71.9. The predicted octanol–water partition coefficient (Wildman–Crippen LogP) is 2.49. The quantitative estimate of drug-likeness (QED) is 0.353. The summed E-state index contributed by atoms with van der Waals surface area (Å²) in [6, 6.07) is 11.7. The molecule has 2 aromatic carbocycles. The number of hydrogen-bond donors (Lipinski definition) is 4. The van der Waals surface area contributed by atoms with Gasteiger partial charge in [-0.2, -0.15) is 0 Å². The van der Waals surface area contributed by atoms with Gasteiger partial charge in [-0.1, -0.05) is 26.3 Å². The van der Waals surface area contributed by atoms with Crippen molar-refractivity contribution in [2.75, 3.05) is 45.2 Å². The van der Waals surface area contributed by atoms with Crippen molar-refractivity contribution in [3.63, 3.8) is 0 Å². The zero-order chi connectivity index (χ0) is 32.5. The second-order valence-corrected chi connectivity index (χ2v) is 11.8. The Morgan fingerprint density at radius 1 is 0.956 bits per heavy atom. The summed E-state index contributed by atoms with van der Waals surface area (Å²) in [5, 5.41) is 8.74. The fourth-order valence-electron chi connectivity index (χ4n) is 5.44. The van der Waals surface area contributed by atoms with E-state index in [1.54, 1.807) is 33.7 Å². The second kappa shape index (κ2) is 15.4. The lowest BCUT2D eigenvalue weighted by molar-refractivity contribution is -0.130. The molecule has 3 aromatic rings. The van der Waals surface area contributed by atoms with E-state index < -0.39 is 6.04 Å². The van der Waals surface area contributed by atoms with E-state index in [1.807, 2.05) is 51.0 Å². The van der Waals surface area contributed by atoms with Gasteiger partial charge in [0.25, 0.3) is 11.8 Å². The molecule has 4 amide bonds. The topological polar surface area (TPSA) is 149 Å². The Kier molecular flexibility index (Phi) is 11.4. The number of carbonyl (C=O) groups excluding carboxylic acids is 4. The summed E-state index contributed by atoms with van der Waals surface area (Å²) < 4.78 is 1.56. The maximum atomic E-state index is 13.6. The van der Waals surface area contributed by atoms with Crippen molar-refractivity contribution in [3.8, 4) is 0 Å². The lowest BCUT2D eigenvalue weighted by Gasteiger charge is -2.25. The molecule has 1 aliphatic heterocycles. The standard InChI is InChI=1S/C33H45N7O5/c1-5-22(2)29-31(43)35-16-9-19-40-27-21-23(13-14-26(27)36-33(40)45)30(42)34-15-8-18-39(17-7-12-28(41)37-29)32(44)24-10-6-11-25(20-24)38(3)4/h6,10-11,13-14,20-22,29H,5,7-9,12,15-19H2,1-4H3,(H,34,42)(H,35,43)(H,36,45)(H,37,41)/t22-,29-/m0/s1. The molecule has 242 valence electrons. The van der Waals surface area contributed by atoms with Crippen LogP contribution in [0, 0.1) is 5.92 Å². The molecular formula is C33H45N7O5. The fraction of sp³-hybridized carbons (Fsp3) is 0.485. The monoisotopic (exact) mass is 619 g/mol. The summed E-state index contributed by atoms with van der Waals surface area (Å²) in [5.41, 5.74) is 2.79. The highest BCUT2D eigenvalue weighted by atomic mass is 16.2. The van der Waals surface area contributed by atoms with Crippen LogP contribution in [0.2, 0.25) is 0 Å².